The van der Waals surface area contributed by atoms with Crippen LogP contribution in [0.25, 0.3) is 0 Å². The van der Waals surface area contributed by atoms with Gasteiger partial charge in [-0.25, -0.2) is 0 Å². The second kappa shape index (κ2) is 6.57. The van der Waals surface area contributed by atoms with Crippen molar-refractivity contribution in [1.82, 2.24) is 4.90 Å². The molecule has 0 bridgehead atoms. The normalized spacial score (nSPS) is 25.9. The molecule has 2 atom stereocenters. The number of nitrogens with zero attached hydrogens (tertiary/aromatic N) is 1. The van der Waals surface area contributed by atoms with Crippen molar-refractivity contribution in [1.29, 1.82) is 0 Å². The quantitative estimate of drug-likeness (QED) is 0.813. The van der Waals surface area contributed by atoms with Crippen molar-refractivity contribution in [3.05, 3.63) is 47.2 Å². The van der Waals surface area contributed by atoms with Gasteiger partial charge in [0.1, 0.15) is 0 Å². The van der Waals surface area contributed by atoms with E-state index in [-0.39, 0.29) is 18.8 Å². The molecule has 24 heavy (non-hydrogen) atoms. The minimum Gasteiger partial charge on any atom is -0.459 e. The molecule has 3 aliphatic rings. The highest BCUT2D eigenvalue weighted by Crippen LogP contribution is 2.43. The smallest absolute Gasteiger partial charge is 0.288 e. The molecule has 1 saturated carbocycles. The maximum Gasteiger partial charge on any atom is 0.288 e. The second-order valence-electron chi connectivity index (χ2n) is 6.89. The molecule has 128 valence electrons. The first-order chi connectivity index (χ1) is 11.7. The van der Waals surface area contributed by atoms with E-state index in [2.05, 4.69) is 0 Å². The van der Waals surface area contributed by atoms with Crippen LogP contribution in [-0.4, -0.2) is 35.3 Å². The average Bonchev–Trinajstić information content (AvgIpc) is 3.51. The van der Waals surface area contributed by atoms with Gasteiger partial charge in [-0.2, -0.15) is 0 Å². The topological polar surface area (TPSA) is 58.8 Å². The molecule has 2 fully saturated rings. The molecule has 1 aromatic carbocycles. The number of carbonyl (C=O) groups excluding carboxylic acids is 1. The standard InChI is InChI=1S/C19H23NO4/c21-11-13-1-3-14(4-2-13)12-23-18-10-16(15-5-6-15)9-17(24-18)19(22)20-7-8-20/h1-4,9,15-16,18,21H,5-8,10-12H2/t16-,18+/m1/s1. The predicted molar refractivity (Wildman–Crippen MR) is 87.5 cm³/mol. The lowest BCUT2D eigenvalue weighted by atomic mass is 9.96. The Kier molecular flexibility index (Phi) is 4.29. The zero-order valence-corrected chi connectivity index (χ0v) is 13.7. The summed E-state index contributed by atoms with van der Waals surface area (Å²) in [6.07, 6.45) is 4.95. The summed E-state index contributed by atoms with van der Waals surface area (Å²) < 4.78 is 11.8. The van der Waals surface area contributed by atoms with Crippen LogP contribution in [0.2, 0.25) is 0 Å². The van der Waals surface area contributed by atoms with E-state index >= 15 is 0 Å². The maximum atomic E-state index is 12.3. The molecule has 1 saturated heterocycles. The van der Waals surface area contributed by atoms with Gasteiger partial charge in [0.05, 0.1) is 13.2 Å². The fourth-order valence-electron chi connectivity index (χ4n) is 3.13. The maximum absolute atomic E-state index is 12.3. The molecule has 5 heteroatoms. The van der Waals surface area contributed by atoms with E-state index in [0.717, 1.165) is 30.6 Å². The summed E-state index contributed by atoms with van der Waals surface area (Å²) in [5, 5.41) is 9.09. The summed E-state index contributed by atoms with van der Waals surface area (Å²) in [6, 6.07) is 7.68. The van der Waals surface area contributed by atoms with Gasteiger partial charge in [-0.1, -0.05) is 24.3 Å². The van der Waals surface area contributed by atoms with Crippen LogP contribution < -0.4 is 0 Å². The molecular formula is C19H23NO4. The molecule has 5 nitrogen and oxygen atoms in total. The summed E-state index contributed by atoms with van der Waals surface area (Å²) in [5.74, 6) is 1.54. The Morgan fingerprint density at radius 2 is 1.92 bits per heavy atom. The molecule has 0 radical (unpaired) electrons. The molecule has 1 aliphatic carbocycles. The lowest BCUT2D eigenvalue weighted by Gasteiger charge is -2.29. The van der Waals surface area contributed by atoms with E-state index in [1.807, 2.05) is 30.3 Å². The Morgan fingerprint density at radius 1 is 1.21 bits per heavy atom. The number of carbonyl (C=O) groups is 1. The SMILES string of the molecule is O=C(C1=C[C@@H](C2CC2)C[C@@H](OCc2ccc(CO)cc2)O1)N1CC1. The Labute approximate surface area is 141 Å². The number of aliphatic hydroxyl groups is 1. The first kappa shape index (κ1) is 15.7. The van der Waals surface area contributed by atoms with Crippen LogP contribution in [0.4, 0.5) is 0 Å². The summed E-state index contributed by atoms with van der Waals surface area (Å²) in [4.78, 5) is 14.1. The number of ether oxygens (including phenoxy) is 2. The lowest BCUT2D eigenvalue weighted by Crippen LogP contribution is -2.30. The van der Waals surface area contributed by atoms with Crippen molar-refractivity contribution in [2.45, 2.75) is 38.8 Å². The molecule has 1 N–H and O–H groups in total. The highest BCUT2D eigenvalue weighted by atomic mass is 16.7. The molecule has 1 aromatic rings. The fraction of sp³-hybridized carbons (Fsp3) is 0.526. The van der Waals surface area contributed by atoms with Gasteiger partial charge in [-0.15, -0.1) is 0 Å². The molecule has 1 amide bonds. The highest BCUT2D eigenvalue weighted by Gasteiger charge is 2.39. The summed E-state index contributed by atoms with van der Waals surface area (Å²) in [7, 11) is 0. The van der Waals surface area contributed by atoms with E-state index in [9.17, 15) is 4.79 Å². The largest absolute Gasteiger partial charge is 0.459 e. The first-order valence-electron chi connectivity index (χ1n) is 8.71. The third kappa shape index (κ3) is 3.62. The number of aliphatic hydroxyl groups excluding tert-OH is 1. The van der Waals surface area contributed by atoms with E-state index in [4.69, 9.17) is 14.6 Å². The van der Waals surface area contributed by atoms with Crippen molar-refractivity contribution in [2.24, 2.45) is 11.8 Å². The molecule has 2 aliphatic heterocycles. The zero-order chi connectivity index (χ0) is 16.5. The predicted octanol–water partition coefficient (Wildman–Crippen LogP) is 2.19. The number of benzene rings is 1. The monoisotopic (exact) mass is 329 g/mol. The van der Waals surface area contributed by atoms with Gasteiger partial charge in [-0.3, -0.25) is 4.79 Å². The van der Waals surface area contributed by atoms with E-state index in [1.165, 1.54) is 12.8 Å². The number of allylic oxidation sites excluding steroid dienone is 1. The van der Waals surface area contributed by atoms with Crippen LogP contribution in [0.5, 0.6) is 0 Å². The van der Waals surface area contributed by atoms with Gasteiger partial charge in [0.2, 0.25) is 6.29 Å². The molecule has 4 rings (SSSR count). The van der Waals surface area contributed by atoms with Crippen LogP contribution in [0.3, 0.4) is 0 Å². The highest BCUT2D eigenvalue weighted by molar-refractivity contribution is 5.93. The van der Waals surface area contributed by atoms with Crippen LogP contribution in [0.15, 0.2) is 36.1 Å². The van der Waals surface area contributed by atoms with Gasteiger partial charge >= 0.3 is 0 Å². The number of rotatable bonds is 6. The van der Waals surface area contributed by atoms with E-state index in [1.54, 1.807) is 4.90 Å². The third-order valence-corrected chi connectivity index (χ3v) is 4.90. The number of amides is 1. The summed E-state index contributed by atoms with van der Waals surface area (Å²) in [5.41, 5.74) is 1.92. The van der Waals surface area contributed by atoms with Crippen LogP contribution >= 0.6 is 0 Å². The Hall–Kier alpha value is -1.85. The van der Waals surface area contributed by atoms with Crippen molar-refractivity contribution in [2.75, 3.05) is 13.1 Å². The van der Waals surface area contributed by atoms with Gasteiger partial charge in [0.15, 0.2) is 5.76 Å². The van der Waals surface area contributed by atoms with Crippen molar-refractivity contribution in [3.8, 4) is 0 Å². The second-order valence-corrected chi connectivity index (χ2v) is 6.89. The average molecular weight is 329 g/mol. The van der Waals surface area contributed by atoms with Crippen LogP contribution in [0, 0.1) is 11.8 Å². The molecule has 0 unspecified atom stereocenters. The zero-order valence-electron chi connectivity index (χ0n) is 13.7. The Morgan fingerprint density at radius 3 is 2.54 bits per heavy atom. The van der Waals surface area contributed by atoms with Crippen molar-refractivity contribution >= 4 is 5.91 Å². The lowest BCUT2D eigenvalue weighted by molar-refractivity contribution is -0.156. The third-order valence-electron chi connectivity index (χ3n) is 4.90. The van der Waals surface area contributed by atoms with Crippen LogP contribution in [0.1, 0.15) is 30.4 Å². The van der Waals surface area contributed by atoms with Crippen LogP contribution in [-0.2, 0) is 27.5 Å². The molecule has 2 heterocycles. The van der Waals surface area contributed by atoms with E-state index < -0.39 is 0 Å². The van der Waals surface area contributed by atoms with Gasteiger partial charge in [0, 0.05) is 19.5 Å². The summed E-state index contributed by atoms with van der Waals surface area (Å²) in [6.45, 7) is 2.15. The minimum atomic E-state index is -0.364. The molecule has 0 spiro atoms. The van der Waals surface area contributed by atoms with E-state index in [0.29, 0.717) is 24.2 Å². The summed E-state index contributed by atoms with van der Waals surface area (Å²) >= 11 is 0. The minimum absolute atomic E-state index is 0.00116. The van der Waals surface area contributed by atoms with Gasteiger partial charge in [-0.05, 0) is 41.9 Å². The Balaban J connectivity index is 1.39. The van der Waals surface area contributed by atoms with Crippen molar-refractivity contribution < 1.29 is 19.4 Å². The number of hydrogen-bond acceptors (Lipinski definition) is 4. The fourth-order valence-corrected chi connectivity index (χ4v) is 3.13. The first-order valence-corrected chi connectivity index (χ1v) is 8.71. The Bertz CT molecular complexity index is 631. The molecular weight excluding hydrogens is 306 g/mol. The molecule has 0 aromatic heterocycles. The van der Waals surface area contributed by atoms with Crippen molar-refractivity contribution in [3.63, 3.8) is 0 Å². The number of hydrogen-bond donors (Lipinski definition) is 1. The van der Waals surface area contributed by atoms with Gasteiger partial charge in [0.25, 0.3) is 5.91 Å². The van der Waals surface area contributed by atoms with Gasteiger partial charge < -0.3 is 19.5 Å².